The number of anilines is 1. The molecule has 82 valence electrons. The number of pyridine rings is 1. The van der Waals surface area contributed by atoms with Crippen LogP contribution in [-0.4, -0.2) is 18.1 Å². The number of alkyl halides is 3. The van der Waals surface area contributed by atoms with Crippen LogP contribution in [-0.2, 0) is 6.18 Å². The summed E-state index contributed by atoms with van der Waals surface area (Å²) in [5, 5.41) is 0. The van der Waals surface area contributed by atoms with E-state index < -0.39 is 11.7 Å². The SMILES string of the molecule is FC(F)(F)c1ccnc(N2CCCC2)c1. The van der Waals surface area contributed by atoms with Crippen LogP contribution in [0.5, 0.6) is 0 Å². The zero-order valence-electron chi connectivity index (χ0n) is 8.09. The summed E-state index contributed by atoms with van der Waals surface area (Å²) in [6.45, 7) is 1.60. The van der Waals surface area contributed by atoms with E-state index in [9.17, 15) is 13.2 Å². The molecule has 0 aliphatic carbocycles. The molecule has 2 rings (SSSR count). The first kappa shape index (κ1) is 10.3. The summed E-state index contributed by atoms with van der Waals surface area (Å²) in [4.78, 5) is 5.84. The molecule has 1 aliphatic heterocycles. The molecule has 0 N–H and O–H groups in total. The minimum absolute atomic E-state index is 0.433. The van der Waals surface area contributed by atoms with Crippen molar-refractivity contribution in [2.45, 2.75) is 19.0 Å². The average Bonchev–Trinajstić information content (AvgIpc) is 2.69. The molecule has 1 aromatic heterocycles. The van der Waals surface area contributed by atoms with Crippen molar-refractivity contribution in [2.75, 3.05) is 18.0 Å². The summed E-state index contributed by atoms with van der Waals surface area (Å²) in [6, 6.07) is 2.12. The van der Waals surface area contributed by atoms with Gasteiger partial charge in [-0.25, -0.2) is 4.98 Å². The third-order valence-corrected chi connectivity index (χ3v) is 2.50. The Morgan fingerprint density at radius 2 is 1.87 bits per heavy atom. The number of rotatable bonds is 1. The van der Waals surface area contributed by atoms with Gasteiger partial charge in [0.25, 0.3) is 0 Å². The lowest BCUT2D eigenvalue weighted by atomic mass is 10.2. The number of hydrogen-bond donors (Lipinski definition) is 0. The molecule has 0 saturated carbocycles. The van der Waals surface area contributed by atoms with Gasteiger partial charge in [0, 0.05) is 19.3 Å². The molecule has 2 nitrogen and oxygen atoms in total. The maximum absolute atomic E-state index is 12.4. The monoisotopic (exact) mass is 216 g/mol. The maximum Gasteiger partial charge on any atom is 0.416 e. The maximum atomic E-state index is 12.4. The van der Waals surface area contributed by atoms with Crippen molar-refractivity contribution in [2.24, 2.45) is 0 Å². The van der Waals surface area contributed by atoms with Crippen LogP contribution in [0.3, 0.4) is 0 Å². The fraction of sp³-hybridized carbons (Fsp3) is 0.500. The first-order valence-electron chi connectivity index (χ1n) is 4.85. The molecular weight excluding hydrogens is 205 g/mol. The van der Waals surface area contributed by atoms with Crippen LogP contribution in [0.1, 0.15) is 18.4 Å². The molecular formula is C10H11F3N2. The summed E-state index contributed by atoms with van der Waals surface area (Å²) < 4.78 is 37.2. The highest BCUT2D eigenvalue weighted by atomic mass is 19.4. The molecule has 0 unspecified atom stereocenters. The van der Waals surface area contributed by atoms with Crippen LogP contribution < -0.4 is 4.90 Å². The Bertz CT molecular complexity index is 343. The van der Waals surface area contributed by atoms with Gasteiger partial charge in [0.15, 0.2) is 0 Å². The molecule has 0 atom stereocenters. The Morgan fingerprint density at radius 3 is 2.47 bits per heavy atom. The van der Waals surface area contributed by atoms with E-state index in [1.165, 1.54) is 6.20 Å². The first-order valence-corrected chi connectivity index (χ1v) is 4.85. The second-order valence-electron chi connectivity index (χ2n) is 3.59. The molecule has 1 fully saturated rings. The lowest BCUT2D eigenvalue weighted by molar-refractivity contribution is -0.137. The molecule has 0 bridgehead atoms. The summed E-state index contributed by atoms with van der Waals surface area (Å²) in [6.07, 6.45) is -1.01. The molecule has 0 spiro atoms. The highest BCUT2D eigenvalue weighted by Crippen LogP contribution is 2.31. The van der Waals surface area contributed by atoms with E-state index in [4.69, 9.17) is 0 Å². The van der Waals surface area contributed by atoms with Crippen molar-refractivity contribution in [1.82, 2.24) is 4.98 Å². The van der Waals surface area contributed by atoms with Crippen LogP contribution in [0, 0.1) is 0 Å². The molecule has 2 heterocycles. The number of halogens is 3. The fourth-order valence-electron chi connectivity index (χ4n) is 1.71. The summed E-state index contributed by atoms with van der Waals surface area (Å²) in [5.41, 5.74) is -0.626. The van der Waals surface area contributed by atoms with Gasteiger partial charge >= 0.3 is 6.18 Å². The van der Waals surface area contributed by atoms with Gasteiger partial charge in [-0.1, -0.05) is 0 Å². The number of nitrogens with zero attached hydrogens (tertiary/aromatic N) is 2. The predicted molar refractivity (Wildman–Crippen MR) is 50.7 cm³/mol. The Kier molecular flexibility index (Phi) is 2.54. The summed E-state index contributed by atoms with van der Waals surface area (Å²) >= 11 is 0. The minimum atomic E-state index is -4.28. The van der Waals surface area contributed by atoms with Crippen LogP contribution in [0.4, 0.5) is 19.0 Å². The molecule has 1 aromatic rings. The summed E-state index contributed by atoms with van der Waals surface area (Å²) in [5.74, 6) is 0.433. The minimum Gasteiger partial charge on any atom is -0.357 e. The van der Waals surface area contributed by atoms with Gasteiger partial charge in [-0.3, -0.25) is 0 Å². The average molecular weight is 216 g/mol. The Balaban J connectivity index is 2.26. The fourth-order valence-corrected chi connectivity index (χ4v) is 1.71. The van der Waals surface area contributed by atoms with Crippen molar-refractivity contribution in [1.29, 1.82) is 0 Å². The zero-order valence-corrected chi connectivity index (χ0v) is 8.09. The Morgan fingerprint density at radius 1 is 1.20 bits per heavy atom. The van der Waals surface area contributed by atoms with Gasteiger partial charge < -0.3 is 4.90 Å². The van der Waals surface area contributed by atoms with E-state index in [0.29, 0.717) is 5.82 Å². The standard InChI is InChI=1S/C10H11F3N2/c11-10(12,13)8-3-4-14-9(7-8)15-5-1-2-6-15/h3-4,7H,1-2,5-6H2. The van der Waals surface area contributed by atoms with Gasteiger partial charge in [0.2, 0.25) is 0 Å². The van der Waals surface area contributed by atoms with Crippen molar-refractivity contribution in [3.8, 4) is 0 Å². The van der Waals surface area contributed by atoms with Crippen molar-refractivity contribution in [3.63, 3.8) is 0 Å². The van der Waals surface area contributed by atoms with E-state index in [0.717, 1.165) is 38.1 Å². The van der Waals surface area contributed by atoms with Crippen LogP contribution in [0.25, 0.3) is 0 Å². The second kappa shape index (κ2) is 3.72. The smallest absolute Gasteiger partial charge is 0.357 e. The molecule has 5 heteroatoms. The highest BCUT2D eigenvalue weighted by molar-refractivity contribution is 5.42. The van der Waals surface area contributed by atoms with Gasteiger partial charge in [0.05, 0.1) is 5.56 Å². The van der Waals surface area contributed by atoms with Crippen LogP contribution >= 0.6 is 0 Å². The Labute approximate surface area is 85.7 Å². The van der Waals surface area contributed by atoms with Crippen LogP contribution in [0.2, 0.25) is 0 Å². The van der Waals surface area contributed by atoms with Crippen molar-refractivity contribution in [3.05, 3.63) is 23.9 Å². The van der Waals surface area contributed by atoms with Crippen molar-refractivity contribution < 1.29 is 13.2 Å². The normalized spacial score (nSPS) is 17.1. The third kappa shape index (κ3) is 2.22. The second-order valence-corrected chi connectivity index (χ2v) is 3.59. The van der Waals surface area contributed by atoms with E-state index in [-0.39, 0.29) is 0 Å². The largest absolute Gasteiger partial charge is 0.416 e. The molecule has 0 amide bonds. The molecule has 1 aliphatic rings. The zero-order chi connectivity index (χ0) is 10.9. The van der Waals surface area contributed by atoms with E-state index in [1.807, 2.05) is 4.90 Å². The van der Waals surface area contributed by atoms with Gasteiger partial charge in [0.1, 0.15) is 5.82 Å². The Hall–Kier alpha value is -1.26. The van der Waals surface area contributed by atoms with E-state index >= 15 is 0 Å². The van der Waals surface area contributed by atoms with Crippen molar-refractivity contribution >= 4 is 5.82 Å². The quantitative estimate of drug-likeness (QED) is 0.717. The highest BCUT2D eigenvalue weighted by Gasteiger charge is 2.31. The predicted octanol–water partition coefficient (Wildman–Crippen LogP) is 2.70. The molecule has 0 aromatic carbocycles. The topological polar surface area (TPSA) is 16.1 Å². The first-order chi connectivity index (χ1) is 7.07. The van der Waals surface area contributed by atoms with E-state index in [1.54, 1.807) is 0 Å². The lowest BCUT2D eigenvalue weighted by Gasteiger charge is -2.17. The lowest BCUT2D eigenvalue weighted by Crippen LogP contribution is -2.19. The van der Waals surface area contributed by atoms with Crippen LogP contribution in [0.15, 0.2) is 18.3 Å². The molecule has 0 radical (unpaired) electrons. The summed E-state index contributed by atoms with van der Waals surface area (Å²) in [7, 11) is 0. The number of hydrogen-bond acceptors (Lipinski definition) is 2. The molecule has 1 saturated heterocycles. The van der Waals surface area contributed by atoms with E-state index in [2.05, 4.69) is 4.98 Å². The van der Waals surface area contributed by atoms with Gasteiger partial charge in [-0.05, 0) is 25.0 Å². The van der Waals surface area contributed by atoms with Gasteiger partial charge in [-0.2, -0.15) is 13.2 Å². The number of aromatic nitrogens is 1. The molecule has 15 heavy (non-hydrogen) atoms. The third-order valence-electron chi connectivity index (χ3n) is 2.50. The van der Waals surface area contributed by atoms with Gasteiger partial charge in [-0.15, -0.1) is 0 Å².